The van der Waals surface area contributed by atoms with E-state index >= 15 is 0 Å². The Morgan fingerprint density at radius 3 is 2.56 bits per heavy atom. The Morgan fingerprint density at radius 2 is 2.12 bits per heavy atom. The van der Waals surface area contributed by atoms with Crippen molar-refractivity contribution in [1.29, 1.82) is 0 Å². The third kappa shape index (κ3) is 2.54. The molecule has 0 aliphatic rings. The molecule has 0 aromatic heterocycles. The Labute approximate surface area is 101 Å². The minimum Gasteiger partial charge on any atom is -0.496 e. The molecule has 0 bridgehead atoms. The van der Waals surface area contributed by atoms with Gasteiger partial charge in [-0.15, -0.1) is 0 Å². The van der Waals surface area contributed by atoms with Crippen LogP contribution in [0, 0.1) is 0 Å². The van der Waals surface area contributed by atoms with Crippen LogP contribution in [0.2, 0.25) is 5.02 Å². The lowest BCUT2D eigenvalue weighted by molar-refractivity contribution is 0.0999. The van der Waals surface area contributed by atoms with Gasteiger partial charge in [0.1, 0.15) is 5.75 Å². The lowest BCUT2D eigenvalue weighted by Crippen LogP contribution is -2.16. The minimum atomic E-state index is -0.121. The molecule has 0 amide bonds. The fourth-order valence-electron chi connectivity index (χ4n) is 1.70. The first-order valence-electron chi connectivity index (χ1n) is 5.12. The monoisotopic (exact) mass is 241 g/mol. The van der Waals surface area contributed by atoms with Gasteiger partial charge in [0.25, 0.3) is 0 Å². The van der Waals surface area contributed by atoms with Gasteiger partial charge in [-0.25, -0.2) is 0 Å². The van der Waals surface area contributed by atoms with Crippen molar-refractivity contribution in [2.75, 3.05) is 13.7 Å². The molecule has 0 radical (unpaired) electrons. The number of hydrogen-bond donors (Lipinski definition) is 1. The predicted molar refractivity (Wildman–Crippen MR) is 65.5 cm³/mol. The number of ketones is 1. The molecule has 0 saturated carbocycles. The molecule has 0 unspecified atom stereocenters. The molecule has 0 saturated heterocycles. The smallest absolute Gasteiger partial charge is 0.176 e. The van der Waals surface area contributed by atoms with E-state index < -0.39 is 0 Å². The molecule has 0 aliphatic heterocycles. The van der Waals surface area contributed by atoms with E-state index in [9.17, 15) is 4.79 Å². The Bertz CT molecular complexity index is 402. The zero-order valence-corrected chi connectivity index (χ0v) is 10.5. The molecule has 0 aliphatic carbocycles. The third-order valence-corrected chi connectivity index (χ3v) is 2.61. The van der Waals surface area contributed by atoms with Crippen LogP contribution in [0.4, 0.5) is 0 Å². The SMILES string of the molecule is COc1cc(Cl)cc(C(=O)CN)c1C(C)C. The molecule has 3 nitrogen and oxygen atoms in total. The van der Waals surface area contributed by atoms with Crippen molar-refractivity contribution in [2.24, 2.45) is 5.73 Å². The van der Waals surface area contributed by atoms with Crippen LogP contribution in [0.25, 0.3) is 0 Å². The zero-order valence-electron chi connectivity index (χ0n) is 9.71. The van der Waals surface area contributed by atoms with Crippen molar-refractivity contribution in [3.63, 3.8) is 0 Å². The average Bonchev–Trinajstić information content (AvgIpc) is 2.26. The van der Waals surface area contributed by atoms with Gasteiger partial charge in [-0.3, -0.25) is 4.79 Å². The van der Waals surface area contributed by atoms with Gasteiger partial charge in [-0.2, -0.15) is 0 Å². The van der Waals surface area contributed by atoms with E-state index in [1.165, 1.54) is 0 Å². The second-order valence-corrected chi connectivity index (χ2v) is 4.29. The Balaban J connectivity index is 3.44. The van der Waals surface area contributed by atoms with Crippen LogP contribution in [0.5, 0.6) is 5.75 Å². The number of nitrogens with two attached hydrogens (primary N) is 1. The van der Waals surface area contributed by atoms with Gasteiger partial charge in [0, 0.05) is 16.1 Å². The summed E-state index contributed by atoms with van der Waals surface area (Å²) in [7, 11) is 1.56. The molecule has 1 aromatic carbocycles. The summed E-state index contributed by atoms with van der Waals surface area (Å²) >= 11 is 5.93. The number of Topliss-reactive ketones (excluding diaryl/α,β-unsaturated/α-hetero) is 1. The van der Waals surface area contributed by atoms with Crippen molar-refractivity contribution in [3.8, 4) is 5.75 Å². The summed E-state index contributed by atoms with van der Waals surface area (Å²) in [5.41, 5.74) is 6.80. The van der Waals surface area contributed by atoms with E-state index in [0.717, 1.165) is 5.56 Å². The van der Waals surface area contributed by atoms with Crippen molar-refractivity contribution in [1.82, 2.24) is 0 Å². The first kappa shape index (κ1) is 13.0. The zero-order chi connectivity index (χ0) is 12.3. The van der Waals surface area contributed by atoms with Crippen molar-refractivity contribution in [2.45, 2.75) is 19.8 Å². The number of carbonyl (C=O) groups excluding carboxylic acids is 1. The first-order valence-corrected chi connectivity index (χ1v) is 5.49. The normalized spacial score (nSPS) is 10.6. The van der Waals surface area contributed by atoms with Gasteiger partial charge < -0.3 is 10.5 Å². The van der Waals surface area contributed by atoms with E-state index in [1.54, 1.807) is 19.2 Å². The summed E-state index contributed by atoms with van der Waals surface area (Å²) in [4.78, 5) is 11.7. The van der Waals surface area contributed by atoms with Gasteiger partial charge in [0.05, 0.1) is 13.7 Å². The van der Waals surface area contributed by atoms with E-state index in [-0.39, 0.29) is 18.2 Å². The third-order valence-electron chi connectivity index (χ3n) is 2.39. The van der Waals surface area contributed by atoms with Crippen molar-refractivity contribution in [3.05, 3.63) is 28.3 Å². The van der Waals surface area contributed by atoms with Crippen LogP contribution in [0.15, 0.2) is 12.1 Å². The fraction of sp³-hybridized carbons (Fsp3) is 0.417. The lowest BCUT2D eigenvalue weighted by atomic mass is 9.93. The van der Waals surface area contributed by atoms with E-state index in [4.69, 9.17) is 22.1 Å². The molecule has 16 heavy (non-hydrogen) atoms. The largest absolute Gasteiger partial charge is 0.496 e. The molecule has 0 atom stereocenters. The van der Waals surface area contributed by atoms with Gasteiger partial charge >= 0.3 is 0 Å². The summed E-state index contributed by atoms with van der Waals surface area (Å²) in [6, 6.07) is 3.36. The summed E-state index contributed by atoms with van der Waals surface area (Å²) in [6.07, 6.45) is 0. The molecule has 0 heterocycles. The Morgan fingerprint density at radius 1 is 1.50 bits per heavy atom. The molecule has 1 rings (SSSR count). The van der Waals surface area contributed by atoms with Gasteiger partial charge in [0.2, 0.25) is 0 Å². The Kier molecular flexibility index (Phi) is 4.33. The highest BCUT2D eigenvalue weighted by Gasteiger charge is 2.18. The number of rotatable bonds is 4. The van der Waals surface area contributed by atoms with Gasteiger partial charge in [-0.1, -0.05) is 25.4 Å². The maximum atomic E-state index is 11.7. The first-order chi connectivity index (χ1) is 7.51. The lowest BCUT2D eigenvalue weighted by Gasteiger charge is -2.16. The number of methoxy groups -OCH3 is 1. The molecular weight excluding hydrogens is 226 g/mol. The van der Waals surface area contributed by atoms with Crippen LogP contribution in [0.3, 0.4) is 0 Å². The summed E-state index contributed by atoms with van der Waals surface area (Å²) in [5.74, 6) is 0.696. The van der Waals surface area contributed by atoms with Crippen molar-refractivity contribution < 1.29 is 9.53 Å². The van der Waals surface area contributed by atoms with Crippen LogP contribution in [-0.2, 0) is 0 Å². The maximum absolute atomic E-state index is 11.7. The molecule has 2 N–H and O–H groups in total. The Hall–Kier alpha value is -1.06. The highest BCUT2D eigenvalue weighted by atomic mass is 35.5. The molecule has 1 aromatic rings. The van der Waals surface area contributed by atoms with E-state index in [0.29, 0.717) is 16.3 Å². The highest BCUT2D eigenvalue weighted by molar-refractivity contribution is 6.31. The summed E-state index contributed by atoms with van der Waals surface area (Å²) in [5, 5.41) is 0.484. The molecule has 4 heteroatoms. The van der Waals surface area contributed by atoms with Crippen LogP contribution in [0.1, 0.15) is 35.7 Å². The van der Waals surface area contributed by atoms with Crippen LogP contribution in [-0.4, -0.2) is 19.4 Å². The van der Waals surface area contributed by atoms with Crippen LogP contribution < -0.4 is 10.5 Å². The predicted octanol–water partition coefficient (Wildman–Crippen LogP) is 2.61. The number of carbonyl (C=O) groups is 1. The number of ether oxygens (including phenoxy) is 1. The quantitative estimate of drug-likeness (QED) is 0.825. The molecule has 0 fully saturated rings. The molecular formula is C12H16ClNO2. The summed E-state index contributed by atoms with van der Waals surface area (Å²) in [6.45, 7) is 3.97. The standard InChI is InChI=1S/C12H16ClNO2/c1-7(2)12-9(10(15)6-14)4-8(13)5-11(12)16-3/h4-5,7H,6,14H2,1-3H3. The minimum absolute atomic E-state index is 0.0246. The fourth-order valence-corrected chi connectivity index (χ4v) is 1.91. The van der Waals surface area contributed by atoms with E-state index in [1.807, 2.05) is 13.8 Å². The number of benzene rings is 1. The number of hydrogen-bond acceptors (Lipinski definition) is 3. The van der Waals surface area contributed by atoms with Gasteiger partial charge in [-0.05, 0) is 18.1 Å². The second-order valence-electron chi connectivity index (χ2n) is 3.85. The maximum Gasteiger partial charge on any atom is 0.176 e. The number of halogens is 1. The average molecular weight is 242 g/mol. The molecule has 88 valence electrons. The second kappa shape index (κ2) is 5.32. The van der Waals surface area contributed by atoms with E-state index in [2.05, 4.69) is 0 Å². The molecule has 0 spiro atoms. The van der Waals surface area contributed by atoms with Crippen molar-refractivity contribution >= 4 is 17.4 Å². The topological polar surface area (TPSA) is 52.3 Å². The van der Waals surface area contributed by atoms with Crippen LogP contribution >= 0.6 is 11.6 Å². The summed E-state index contributed by atoms with van der Waals surface area (Å²) < 4.78 is 5.25. The highest BCUT2D eigenvalue weighted by Crippen LogP contribution is 2.33. The van der Waals surface area contributed by atoms with Gasteiger partial charge in [0.15, 0.2) is 5.78 Å².